The molecule has 0 saturated heterocycles. The highest BCUT2D eigenvalue weighted by molar-refractivity contribution is 6.30. The summed E-state index contributed by atoms with van der Waals surface area (Å²) in [6, 6.07) is 12.1. The molecule has 2 aromatic carbocycles. The van der Waals surface area contributed by atoms with Gasteiger partial charge in [-0.15, -0.1) is 0 Å². The molecule has 0 radical (unpaired) electrons. The van der Waals surface area contributed by atoms with Gasteiger partial charge in [0.25, 0.3) is 5.91 Å². The number of carbonyl (C=O) groups excluding carboxylic acids is 1. The number of hydrogen-bond donors (Lipinski definition) is 6. The number of pyridine rings is 1. The van der Waals surface area contributed by atoms with Crippen molar-refractivity contribution < 1.29 is 19.4 Å². The maximum atomic E-state index is 13.4. The molecule has 0 aliphatic rings. The number of rotatable bonds is 9. The standard InChI is InChI=1S/C25H24ClFN6O3/c26-15-1-4-21(14(7-15)10-27)31-16-2-6-23(35)20(9-16)22-5-3-19(24(28)33-22)25(36)32-18(12-34)8-17-11-29-13-30-17/h1-7,9,11,13,18,31,34-35H,8,10,12H2,(H2,28,33)(H,29,30)(H,32,36)/t18-/m0/s1. The molecule has 9 nitrogen and oxygen atoms in total. The number of imidazole rings is 1. The van der Waals surface area contributed by atoms with Crippen LogP contribution in [0.3, 0.4) is 0 Å². The fourth-order valence-corrected chi connectivity index (χ4v) is 3.87. The highest BCUT2D eigenvalue weighted by Gasteiger charge is 2.18. The molecule has 1 amide bonds. The van der Waals surface area contributed by atoms with Crippen molar-refractivity contribution in [3.8, 4) is 17.0 Å². The van der Waals surface area contributed by atoms with Crippen LogP contribution in [-0.2, 0) is 13.1 Å². The van der Waals surface area contributed by atoms with Crippen molar-refractivity contribution in [2.45, 2.75) is 19.1 Å². The van der Waals surface area contributed by atoms with Crippen LogP contribution in [0.5, 0.6) is 5.75 Å². The second-order valence-electron chi connectivity index (χ2n) is 8.06. The number of aromatic hydroxyl groups is 1. The zero-order valence-corrected chi connectivity index (χ0v) is 19.8. The molecule has 0 bridgehead atoms. The van der Waals surface area contributed by atoms with E-state index in [0.717, 1.165) is 5.69 Å². The summed E-state index contributed by atoms with van der Waals surface area (Å²) in [5.41, 5.74) is 9.17. The molecule has 0 aliphatic heterocycles. The van der Waals surface area contributed by atoms with Crippen LogP contribution in [-0.4, -0.2) is 43.7 Å². The van der Waals surface area contributed by atoms with Crippen LogP contribution >= 0.6 is 11.6 Å². The number of carbonyl (C=O) groups is 1. The quantitative estimate of drug-likeness (QED) is 0.187. The third kappa shape index (κ3) is 5.73. The number of nitrogens with zero attached hydrogens (tertiary/aromatic N) is 2. The maximum Gasteiger partial charge on any atom is 0.255 e. The average Bonchev–Trinajstić information content (AvgIpc) is 3.38. The van der Waals surface area contributed by atoms with E-state index >= 15 is 0 Å². The van der Waals surface area contributed by atoms with Gasteiger partial charge in [0.05, 0.1) is 30.2 Å². The second kappa shape index (κ2) is 11.1. The van der Waals surface area contributed by atoms with Crippen molar-refractivity contribution in [1.82, 2.24) is 20.3 Å². The van der Waals surface area contributed by atoms with Crippen LogP contribution < -0.4 is 16.4 Å². The predicted octanol–water partition coefficient (Wildman–Crippen LogP) is 3.96. The molecule has 36 heavy (non-hydrogen) atoms. The monoisotopic (exact) mass is 510 g/mol. The average molecular weight is 511 g/mol. The predicted molar refractivity (Wildman–Crippen MR) is 136 cm³/mol. The highest BCUT2D eigenvalue weighted by Crippen LogP contribution is 2.33. The Morgan fingerprint density at radius 3 is 2.72 bits per heavy atom. The van der Waals surface area contributed by atoms with Crippen molar-refractivity contribution in [2.75, 3.05) is 17.7 Å². The van der Waals surface area contributed by atoms with Crippen LogP contribution in [0.1, 0.15) is 21.6 Å². The van der Waals surface area contributed by atoms with E-state index in [9.17, 15) is 19.4 Å². The lowest BCUT2D eigenvalue weighted by Gasteiger charge is -2.16. The smallest absolute Gasteiger partial charge is 0.255 e. The van der Waals surface area contributed by atoms with Gasteiger partial charge in [0, 0.05) is 45.8 Å². The SMILES string of the molecule is Nc1nc(-c2cc(Nc3ccc(Cl)cc3CF)ccc2O)ccc1C(=O)N[C@H](CO)Cc1cnc[nH]1. The van der Waals surface area contributed by atoms with Gasteiger partial charge in [-0.25, -0.2) is 14.4 Å². The lowest BCUT2D eigenvalue weighted by atomic mass is 10.1. The minimum absolute atomic E-state index is 0.0431. The number of phenolic OH excluding ortho intramolecular Hbond substituents is 1. The summed E-state index contributed by atoms with van der Waals surface area (Å²) in [5.74, 6) is -0.587. The van der Waals surface area contributed by atoms with Crippen LogP contribution in [0.2, 0.25) is 5.02 Å². The zero-order chi connectivity index (χ0) is 25.7. The highest BCUT2D eigenvalue weighted by atomic mass is 35.5. The summed E-state index contributed by atoms with van der Waals surface area (Å²) < 4.78 is 13.4. The van der Waals surface area contributed by atoms with Gasteiger partial charge in [-0.05, 0) is 48.5 Å². The van der Waals surface area contributed by atoms with E-state index in [-0.39, 0.29) is 23.7 Å². The first-order valence-electron chi connectivity index (χ1n) is 11.0. The number of halogens is 2. The summed E-state index contributed by atoms with van der Waals surface area (Å²) in [4.78, 5) is 23.9. The molecule has 11 heteroatoms. The van der Waals surface area contributed by atoms with Crippen molar-refractivity contribution in [3.63, 3.8) is 0 Å². The van der Waals surface area contributed by atoms with Gasteiger partial charge in [-0.1, -0.05) is 11.6 Å². The Bertz CT molecular complexity index is 1370. The molecule has 7 N–H and O–H groups in total. The Morgan fingerprint density at radius 2 is 2.03 bits per heavy atom. The molecule has 186 valence electrons. The number of nitrogen functional groups attached to an aromatic ring is 1. The van der Waals surface area contributed by atoms with Gasteiger partial charge >= 0.3 is 0 Å². The summed E-state index contributed by atoms with van der Waals surface area (Å²) in [6.45, 7) is -0.976. The molecule has 0 saturated carbocycles. The lowest BCUT2D eigenvalue weighted by Crippen LogP contribution is -2.39. The van der Waals surface area contributed by atoms with Gasteiger partial charge in [-0.3, -0.25) is 4.79 Å². The van der Waals surface area contributed by atoms with Crippen molar-refractivity contribution in [3.05, 3.63) is 82.9 Å². The molecular weight excluding hydrogens is 487 g/mol. The molecule has 0 spiro atoms. The number of amides is 1. The first-order valence-corrected chi connectivity index (χ1v) is 11.4. The molecule has 0 aliphatic carbocycles. The Hall–Kier alpha value is -4.15. The third-order valence-corrected chi connectivity index (χ3v) is 5.74. The van der Waals surface area contributed by atoms with Gasteiger partial charge in [0.1, 0.15) is 18.2 Å². The Kier molecular flexibility index (Phi) is 7.67. The number of H-pyrrole nitrogens is 1. The molecule has 0 unspecified atom stereocenters. The largest absolute Gasteiger partial charge is 0.507 e. The summed E-state index contributed by atoms with van der Waals surface area (Å²) in [6.07, 6.45) is 3.49. The van der Waals surface area contributed by atoms with E-state index in [1.807, 2.05) is 0 Å². The molecule has 2 heterocycles. The number of benzene rings is 2. The number of aromatic amines is 1. The first kappa shape index (κ1) is 25.0. The number of alkyl halides is 1. The van der Waals surface area contributed by atoms with Gasteiger partial charge in [0.2, 0.25) is 0 Å². The Labute approximate surface area is 211 Å². The van der Waals surface area contributed by atoms with Gasteiger partial charge in [-0.2, -0.15) is 0 Å². The Balaban J connectivity index is 1.54. The number of nitrogens with two attached hydrogens (primary N) is 1. The van der Waals surface area contributed by atoms with E-state index in [0.29, 0.717) is 39.6 Å². The summed E-state index contributed by atoms with van der Waals surface area (Å²) in [7, 11) is 0. The number of aliphatic hydroxyl groups excluding tert-OH is 1. The molecule has 4 rings (SSSR count). The number of nitrogens with one attached hydrogen (secondary N) is 3. The van der Waals surface area contributed by atoms with E-state index in [2.05, 4.69) is 25.6 Å². The lowest BCUT2D eigenvalue weighted by molar-refractivity contribution is 0.0917. The molecule has 1 atom stereocenters. The van der Waals surface area contributed by atoms with Crippen LogP contribution in [0, 0.1) is 0 Å². The minimum atomic E-state index is -0.700. The molecule has 0 fully saturated rings. The Morgan fingerprint density at radius 1 is 1.19 bits per heavy atom. The van der Waals surface area contributed by atoms with Gasteiger partial charge < -0.3 is 31.6 Å². The zero-order valence-electron chi connectivity index (χ0n) is 19.0. The van der Waals surface area contributed by atoms with Crippen molar-refractivity contribution in [1.29, 1.82) is 0 Å². The number of hydrogen-bond acceptors (Lipinski definition) is 7. The second-order valence-corrected chi connectivity index (χ2v) is 8.49. The molecule has 4 aromatic rings. The van der Waals surface area contributed by atoms with Crippen molar-refractivity contribution in [2.24, 2.45) is 0 Å². The van der Waals surface area contributed by atoms with E-state index < -0.39 is 18.6 Å². The topological polar surface area (TPSA) is 149 Å². The van der Waals surface area contributed by atoms with E-state index in [1.165, 1.54) is 24.5 Å². The summed E-state index contributed by atoms with van der Waals surface area (Å²) >= 11 is 5.95. The van der Waals surface area contributed by atoms with Gasteiger partial charge in [0.15, 0.2) is 0 Å². The molecular formula is C25H24ClFN6O3. The van der Waals surface area contributed by atoms with E-state index in [4.69, 9.17) is 17.3 Å². The van der Waals surface area contributed by atoms with Crippen LogP contribution in [0.4, 0.5) is 21.6 Å². The summed E-state index contributed by atoms with van der Waals surface area (Å²) in [5, 5.41) is 26.3. The maximum absolute atomic E-state index is 13.4. The van der Waals surface area contributed by atoms with Crippen molar-refractivity contribution >= 4 is 34.7 Å². The first-order chi connectivity index (χ1) is 17.4. The third-order valence-electron chi connectivity index (χ3n) is 5.51. The fraction of sp³-hybridized carbons (Fsp3) is 0.160. The number of anilines is 3. The number of aliphatic hydroxyl groups is 1. The van der Waals surface area contributed by atoms with Crippen LogP contribution in [0.15, 0.2) is 61.1 Å². The minimum Gasteiger partial charge on any atom is -0.507 e. The number of phenols is 1. The fourth-order valence-electron chi connectivity index (χ4n) is 3.67. The van der Waals surface area contributed by atoms with Crippen LogP contribution in [0.25, 0.3) is 11.3 Å². The normalized spacial score (nSPS) is 11.8. The van der Waals surface area contributed by atoms with E-state index in [1.54, 1.807) is 36.5 Å². The molecule has 2 aromatic heterocycles. The number of aromatic nitrogens is 3.